The summed E-state index contributed by atoms with van der Waals surface area (Å²) in [7, 11) is 1.76. The van der Waals surface area contributed by atoms with E-state index in [1.807, 2.05) is 6.92 Å². The Morgan fingerprint density at radius 2 is 2.19 bits per heavy atom. The van der Waals surface area contributed by atoms with Gasteiger partial charge in [-0.15, -0.1) is 0 Å². The molecule has 0 aliphatic heterocycles. The third kappa shape index (κ3) is 1.84. The number of benzene rings is 1. The minimum atomic E-state index is -1.03. The number of hydrogen-bond donors (Lipinski definition) is 1. The van der Waals surface area contributed by atoms with Crippen LogP contribution in [0.2, 0.25) is 0 Å². The number of hydrogen-bond acceptors (Lipinski definition) is 2. The molecule has 1 aromatic heterocycles. The molecule has 2 rings (SSSR count). The maximum atomic E-state index is 13.5. The summed E-state index contributed by atoms with van der Waals surface area (Å²) in [6, 6.07) is 4.66. The zero-order valence-corrected chi connectivity index (χ0v) is 9.18. The first-order valence-electron chi connectivity index (χ1n) is 5.01. The Hall–Kier alpha value is -1.68. The lowest BCUT2D eigenvalue weighted by Crippen LogP contribution is -2.09. The maximum absolute atomic E-state index is 13.5. The predicted molar refractivity (Wildman–Crippen MR) is 58.4 cm³/mol. The Bertz CT molecular complexity index is 507. The molecular weight excluding hydrogens is 207 g/mol. The number of halogens is 1. The monoisotopic (exact) mass is 220 g/mol. The van der Waals surface area contributed by atoms with Gasteiger partial charge in [0.25, 0.3) is 0 Å². The molecule has 0 bridgehead atoms. The molecule has 0 saturated carbocycles. The van der Waals surface area contributed by atoms with Crippen LogP contribution in [0.25, 0.3) is 0 Å². The van der Waals surface area contributed by atoms with Crippen molar-refractivity contribution in [2.24, 2.45) is 7.05 Å². The molecule has 2 aromatic rings. The minimum absolute atomic E-state index is 0.259. The quantitative estimate of drug-likeness (QED) is 0.840. The van der Waals surface area contributed by atoms with Gasteiger partial charge in [-0.25, -0.2) is 9.37 Å². The average Bonchev–Trinajstić information content (AvgIpc) is 2.67. The fraction of sp³-hybridized carbons (Fsp3) is 0.250. The van der Waals surface area contributed by atoms with E-state index in [0.717, 1.165) is 5.56 Å². The van der Waals surface area contributed by atoms with Gasteiger partial charge >= 0.3 is 0 Å². The van der Waals surface area contributed by atoms with Gasteiger partial charge in [-0.1, -0.05) is 17.7 Å². The lowest BCUT2D eigenvalue weighted by Gasteiger charge is -2.12. The summed E-state index contributed by atoms with van der Waals surface area (Å²) in [6.07, 6.45) is 2.26. The molecule has 0 aliphatic rings. The summed E-state index contributed by atoms with van der Waals surface area (Å²) >= 11 is 0. The topological polar surface area (TPSA) is 38.1 Å². The van der Waals surface area contributed by atoms with E-state index in [1.165, 1.54) is 6.07 Å². The Labute approximate surface area is 93.2 Å². The zero-order valence-electron chi connectivity index (χ0n) is 9.18. The number of imidazole rings is 1. The van der Waals surface area contributed by atoms with E-state index in [4.69, 9.17) is 0 Å². The van der Waals surface area contributed by atoms with E-state index < -0.39 is 11.9 Å². The van der Waals surface area contributed by atoms with Crippen LogP contribution in [0.4, 0.5) is 4.39 Å². The molecule has 0 aliphatic carbocycles. The van der Waals surface area contributed by atoms with Gasteiger partial charge in [0.15, 0.2) is 0 Å². The van der Waals surface area contributed by atoms with Gasteiger partial charge in [0, 0.05) is 25.0 Å². The van der Waals surface area contributed by atoms with Gasteiger partial charge < -0.3 is 9.67 Å². The summed E-state index contributed by atoms with van der Waals surface area (Å²) in [6.45, 7) is 1.86. The molecule has 0 radical (unpaired) electrons. The first-order chi connectivity index (χ1) is 7.59. The highest BCUT2D eigenvalue weighted by atomic mass is 19.1. The summed E-state index contributed by atoms with van der Waals surface area (Å²) in [4.78, 5) is 4.01. The molecule has 0 saturated heterocycles. The Balaban J connectivity index is 2.45. The summed E-state index contributed by atoms with van der Waals surface area (Å²) < 4.78 is 15.2. The zero-order chi connectivity index (χ0) is 11.7. The van der Waals surface area contributed by atoms with Gasteiger partial charge in [-0.3, -0.25) is 0 Å². The second-order valence-electron chi connectivity index (χ2n) is 3.82. The molecule has 0 spiro atoms. The van der Waals surface area contributed by atoms with Crippen LogP contribution < -0.4 is 0 Å². The van der Waals surface area contributed by atoms with Crippen molar-refractivity contribution in [3.05, 3.63) is 53.4 Å². The van der Waals surface area contributed by atoms with E-state index in [1.54, 1.807) is 36.1 Å². The molecular formula is C12H13FN2O. The molecule has 1 unspecified atom stereocenters. The van der Waals surface area contributed by atoms with Crippen molar-refractivity contribution in [2.45, 2.75) is 13.0 Å². The molecule has 0 amide bonds. The summed E-state index contributed by atoms with van der Waals surface area (Å²) in [5, 5.41) is 10.0. The number of aromatic nitrogens is 2. The summed E-state index contributed by atoms with van der Waals surface area (Å²) in [5.74, 6) is 0.0191. The Morgan fingerprint density at radius 1 is 1.44 bits per heavy atom. The third-order valence-corrected chi connectivity index (χ3v) is 2.55. The molecule has 1 aromatic carbocycles. The Kier molecular flexibility index (Phi) is 2.75. The van der Waals surface area contributed by atoms with Crippen LogP contribution >= 0.6 is 0 Å². The maximum Gasteiger partial charge on any atom is 0.142 e. The fourth-order valence-electron chi connectivity index (χ4n) is 1.65. The van der Waals surface area contributed by atoms with E-state index in [-0.39, 0.29) is 5.56 Å². The highest BCUT2D eigenvalue weighted by molar-refractivity contribution is 5.29. The van der Waals surface area contributed by atoms with Crippen molar-refractivity contribution >= 4 is 0 Å². The van der Waals surface area contributed by atoms with E-state index >= 15 is 0 Å². The van der Waals surface area contributed by atoms with Gasteiger partial charge in [-0.05, 0) is 13.0 Å². The van der Waals surface area contributed by atoms with Crippen LogP contribution in [-0.2, 0) is 7.05 Å². The second-order valence-corrected chi connectivity index (χ2v) is 3.82. The molecule has 16 heavy (non-hydrogen) atoms. The van der Waals surface area contributed by atoms with Crippen molar-refractivity contribution in [3.8, 4) is 0 Å². The van der Waals surface area contributed by atoms with Crippen molar-refractivity contribution in [3.63, 3.8) is 0 Å². The van der Waals surface area contributed by atoms with Crippen LogP contribution in [0.15, 0.2) is 30.6 Å². The fourth-order valence-corrected chi connectivity index (χ4v) is 1.65. The first kappa shape index (κ1) is 10.8. The lowest BCUT2D eigenvalue weighted by atomic mass is 10.1. The number of aliphatic hydroxyl groups is 1. The number of aryl methyl sites for hydroxylation is 2. The molecule has 4 heteroatoms. The summed E-state index contributed by atoms with van der Waals surface area (Å²) in [5.41, 5.74) is 1.17. The van der Waals surface area contributed by atoms with Crippen LogP contribution in [0, 0.1) is 12.7 Å². The van der Waals surface area contributed by atoms with E-state index in [9.17, 15) is 9.50 Å². The molecule has 1 atom stereocenters. The van der Waals surface area contributed by atoms with Crippen LogP contribution in [0.5, 0.6) is 0 Å². The third-order valence-electron chi connectivity index (χ3n) is 2.55. The van der Waals surface area contributed by atoms with Crippen LogP contribution in [-0.4, -0.2) is 14.7 Å². The van der Waals surface area contributed by atoms with Crippen molar-refractivity contribution in [1.29, 1.82) is 0 Å². The minimum Gasteiger partial charge on any atom is -0.380 e. The Morgan fingerprint density at radius 3 is 2.81 bits per heavy atom. The normalized spacial score (nSPS) is 12.8. The largest absolute Gasteiger partial charge is 0.380 e. The van der Waals surface area contributed by atoms with Crippen LogP contribution in [0.1, 0.15) is 23.1 Å². The predicted octanol–water partition coefficient (Wildman–Crippen LogP) is 1.95. The van der Waals surface area contributed by atoms with Gasteiger partial charge in [0.05, 0.1) is 0 Å². The number of rotatable bonds is 2. The van der Waals surface area contributed by atoms with Gasteiger partial charge in [0.2, 0.25) is 0 Å². The molecule has 1 heterocycles. The SMILES string of the molecule is Cc1ccc(F)c(C(O)c2nccn2C)c1. The first-order valence-corrected chi connectivity index (χ1v) is 5.01. The van der Waals surface area contributed by atoms with E-state index in [2.05, 4.69) is 4.98 Å². The van der Waals surface area contributed by atoms with Gasteiger partial charge in [-0.2, -0.15) is 0 Å². The van der Waals surface area contributed by atoms with Crippen molar-refractivity contribution < 1.29 is 9.50 Å². The van der Waals surface area contributed by atoms with E-state index in [0.29, 0.717) is 5.82 Å². The molecule has 0 fully saturated rings. The van der Waals surface area contributed by atoms with Crippen molar-refractivity contribution in [1.82, 2.24) is 9.55 Å². The molecule has 3 nitrogen and oxygen atoms in total. The highest BCUT2D eigenvalue weighted by Crippen LogP contribution is 2.23. The second kappa shape index (κ2) is 4.06. The average molecular weight is 220 g/mol. The molecule has 84 valence electrons. The number of aliphatic hydroxyl groups excluding tert-OH is 1. The van der Waals surface area contributed by atoms with Gasteiger partial charge in [0.1, 0.15) is 17.7 Å². The standard InChI is InChI=1S/C12H13FN2O/c1-8-3-4-10(13)9(7-8)11(16)12-14-5-6-15(12)2/h3-7,11,16H,1-2H3. The molecule has 1 N–H and O–H groups in total. The van der Waals surface area contributed by atoms with Crippen LogP contribution in [0.3, 0.4) is 0 Å². The highest BCUT2D eigenvalue weighted by Gasteiger charge is 2.18. The smallest absolute Gasteiger partial charge is 0.142 e. The lowest BCUT2D eigenvalue weighted by molar-refractivity contribution is 0.201. The number of nitrogens with zero attached hydrogens (tertiary/aromatic N) is 2. The van der Waals surface area contributed by atoms with Crippen molar-refractivity contribution in [2.75, 3.05) is 0 Å².